The van der Waals surface area contributed by atoms with Gasteiger partial charge in [0.25, 0.3) is 0 Å². The van der Waals surface area contributed by atoms with Crippen LogP contribution in [-0.2, 0) is 14.3 Å². The highest BCUT2D eigenvalue weighted by molar-refractivity contribution is 8.93. The van der Waals surface area contributed by atoms with Crippen LogP contribution >= 0.6 is 43.2 Å². The molecule has 5 nitrogen and oxygen atoms in total. The third-order valence-electron chi connectivity index (χ3n) is 3.31. The van der Waals surface area contributed by atoms with Crippen LogP contribution in [0.1, 0.15) is 38.5 Å². The van der Waals surface area contributed by atoms with Crippen molar-refractivity contribution in [1.29, 1.82) is 0 Å². The summed E-state index contributed by atoms with van der Waals surface area (Å²) in [6, 6.07) is 0. The molecule has 0 radical (unpaired) electrons. The molecule has 0 spiro atoms. The van der Waals surface area contributed by atoms with E-state index in [1.807, 2.05) is 43.2 Å². The Morgan fingerprint density at radius 1 is 0.739 bits per heavy atom. The molecule has 2 heterocycles. The van der Waals surface area contributed by atoms with Crippen LogP contribution in [0.3, 0.4) is 0 Å². The van der Waals surface area contributed by atoms with E-state index in [4.69, 9.17) is 4.74 Å². The Morgan fingerprint density at radius 3 is 1.57 bits per heavy atom. The molecule has 2 amide bonds. The lowest BCUT2D eigenvalue weighted by Gasteiger charge is -2.07. The first-order valence-electron chi connectivity index (χ1n) is 7.99. The molecule has 0 saturated carbocycles. The van der Waals surface area contributed by atoms with Crippen LogP contribution < -0.4 is 10.6 Å². The summed E-state index contributed by atoms with van der Waals surface area (Å²) >= 11 is 0. The summed E-state index contributed by atoms with van der Waals surface area (Å²) in [4.78, 5) is 23.0. The lowest BCUT2D eigenvalue weighted by molar-refractivity contribution is -0.130. The Bertz CT molecular complexity index is 345. The van der Waals surface area contributed by atoms with E-state index in [9.17, 15) is 9.59 Å². The van der Waals surface area contributed by atoms with E-state index in [-0.39, 0.29) is 25.0 Å². The van der Waals surface area contributed by atoms with Crippen LogP contribution in [-0.4, -0.2) is 47.3 Å². The minimum Gasteiger partial charge on any atom is -0.362 e. The Balaban J connectivity index is 1.31. The molecule has 0 atom stereocenters. The van der Waals surface area contributed by atoms with Gasteiger partial charge < -0.3 is 15.4 Å². The average molecular weight is 397 g/mol. The van der Waals surface area contributed by atoms with Crippen molar-refractivity contribution in [3.05, 3.63) is 0 Å². The molecule has 0 aromatic carbocycles. The summed E-state index contributed by atoms with van der Waals surface area (Å²) in [5.74, 6) is -0.292. The minimum atomic E-state index is -0.146. The van der Waals surface area contributed by atoms with Crippen LogP contribution in [0.2, 0.25) is 0 Å². The molecule has 132 valence electrons. The molecule has 23 heavy (non-hydrogen) atoms. The molecule has 2 saturated heterocycles. The number of ether oxygens (including phenoxy) is 1. The van der Waals surface area contributed by atoms with Crippen LogP contribution in [0, 0.1) is 0 Å². The monoisotopic (exact) mass is 396 g/mol. The van der Waals surface area contributed by atoms with Crippen LogP contribution in [0.15, 0.2) is 0 Å². The first-order chi connectivity index (χ1) is 11.2. The highest BCUT2D eigenvalue weighted by atomic mass is 33.2. The van der Waals surface area contributed by atoms with Gasteiger partial charge in [-0.3, -0.25) is 9.59 Å². The molecule has 9 heteroatoms. The largest absolute Gasteiger partial charge is 0.362 e. The summed E-state index contributed by atoms with van der Waals surface area (Å²) in [5.41, 5.74) is 0. The standard InChI is InChI=1S/C14H24N2O3S4/c17-11(15-7-3-1-5-13-20-21-13)9-19-10-12(18)16-8-4-2-6-14-22-23-14/h13-14H,1-10H2,(H,15,17)(H,16,18). The van der Waals surface area contributed by atoms with Crippen molar-refractivity contribution >= 4 is 55.0 Å². The number of hydrogen-bond donors (Lipinski definition) is 2. The van der Waals surface area contributed by atoms with Crippen LogP contribution in [0.25, 0.3) is 0 Å². The van der Waals surface area contributed by atoms with Gasteiger partial charge in [0.15, 0.2) is 0 Å². The number of rotatable bonds is 14. The van der Waals surface area contributed by atoms with Crippen molar-refractivity contribution in [2.75, 3.05) is 26.3 Å². The molecule has 2 N–H and O–H groups in total. The molecule has 2 aliphatic rings. The topological polar surface area (TPSA) is 67.4 Å². The van der Waals surface area contributed by atoms with Gasteiger partial charge in [0.2, 0.25) is 11.8 Å². The predicted octanol–water partition coefficient (Wildman–Crippen LogP) is 3.02. The zero-order valence-corrected chi connectivity index (χ0v) is 16.3. The average Bonchev–Trinajstić information content (AvgIpc) is 3.41. The molecule has 2 fully saturated rings. The van der Waals surface area contributed by atoms with Crippen molar-refractivity contribution in [2.45, 2.75) is 47.7 Å². The fourth-order valence-electron chi connectivity index (χ4n) is 1.94. The Kier molecular flexibility index (Phi) is 10.1. The van der Waals surface area contributed by atoms with E-state index in [0.717, 1.165) is 34.8 Å². The smallest absolute Gasteiger partial charge is 0.246 e. The summed E-state index contributed by atoms with van der Waals surface area (Å²) in [5, 5.41) is 5.63. The van der Waals surface area contributed by atoms with Crippen LogP contribution in [0.4, 0.5) is 0 Å². The lowest BCUT2D eigenvalue weighted by atomic mass is 10.2. The Hall–Kier alpha value is 0.300. The van der Waals surface area contributed by atoms with Gasteiger partial charge in [0, 0.05) is 13.1 Å². The number of unbranched alkanes of at least 4 members (excludes halogenated alkanes) is 2. The summed E-state index contributed by atoms with van der Waals surface area (Å²) in [6.45, 7) is 1.29. The quantitative estimate of drug-likeness (QED) is 0.266. The van der Waals surface area contributed by atoms with Gasteiger partial charge in [-0.15, -0.1) is 0 Å². The number of hydrogen-bond acceptors (Lipinski definition) is 7. The molecule has 2 rings (SSSR count). The summed E-state index contributed by atoms with van der Waals surface area (Å²) in [7, 11) is 7.71. The molecule has 2 aliphatic heterocycles. The van der Waals surface area contributed by atoms with Gasteiger partial charge in [0.05, 0.1) is 9.16 Å². The maximum Gasteiger partial charge on any atom is 0.246 e. The number of nitrogens with one attached hydrogen (secondary N) is 2. The van der Waals surface area contributed by atoms with E-state index in [1.54, 1.807) is 0 Å². The maximum absolute atomic E-state index is 11.5. The van der Waals surface area contributed by atoms with Crippen molar-refractivity contribution in [1.82, 2.24) is 10.6 Å². The van der Waals surface area contributed by atoms with E-state index in [2.05, 4.69) is 10.6 Å². The van der Waals surface area contributed by atoms with Gasteiger partial charge >= 0.3 is 0 Å². The first-order valence-corrected chi connectivity index (χ1v) is 12.5. The van der Waals surface area contributed by atoms with Crippen molar-refractivity contribution in [3.8, 4) is 0 Å². The second-order valence-electron chi connectivity index (χ2n) is 5.43. The lowest BCUT2D eigenvalue weighted by Crippen LogP contribution is -2.32. The van der Waals surface area contributed by atoms with E-state index in [0.29, 0.717) is 13.1 Å². The molecular formula is C14H24N2O3S4. The highest BCUT2D eigenvalue weighted by Gasteiger charge is 2.23. The first kappa shape index (κ1) is 19.6. The van der Waals surface area contributed by atoms with Gasteiger partial charge in [-0.1, -0.05) is 43.2 Å². The van der Waals surface area contributed by atoms with Gasteiger partial charge in [0.1, 0.15) is 13.2 Å². The van der Waals surface area contributed by atoms with E-state index in [1.165, 1.54) is 12.8 Å². The predicted molar refractivity (Wildman–Crippen MR) is 102 cm³/mol. The second kappa shape index (κ2) is 11.8. The van der Waals surface area contributed by atoms with Gasteiger partial charge in [-0.05, 0) is 38.5 Å². The van der Waals surface area contributed by atoms with E-state index >= 15 is 0 Å². The highest BCUT2D eigenvalue weighted by Crippen LogP contribution is 2.56. The zero-order valence-electron chi connectivity index (χ0n) is 13.1. The summed E-state index contributed by atoms with van der Waals surface area (Å²) in [6.07, 6.45) is 6.74. The van der Waals surface area contributed by atoms with E-state index < -0.39 is 0 Å². The molecule has 0 aliphatic carbocycles. The SMILES string of the molecule is O=C(COCC(=O)NCCCCC1SS1)NCCCCC1SS1. The molecule has 0 unspecified atom stereocenters. The number of carbonyl (C=O) groups excluding carboxylic acids is 2. The van der Waals surface area contributed by atoms with Gasteiger partial charge in [-0.25, -0.2) is 0 Å². The summed E-state index contributed by atoms with van der Waals surface area (Å²) < 4.78 is 6.71. The molecule has 0 bridgehead atoms. The molecular weight excluding hydrogens is 372 g/mol. The molecule has 0 aromatic heterocycles. The Morgan fingerprint density at radius 2 is 1.17 bits per heavy atom. The minimum absolute atomic E-state index is 0.0438. The fraction of sp³-hybridized carbons (Fsp3) is 0.857. The second-order valence-corrected chi connectivity index (χ2v) is 11.4. The third-order valence-corrected chi connectivity index (χ3v) is 7.97. The fourth-order valence-corrected chi connectivity index (χ4v) is 4.77. The maximum atomic E-state index is 11.5. The molecule has 0 aromatic rings. The number of amides is 2. The number of carbonyl (C=O) groups is 2. The third kappa shape index (κ3) is 11.5. The van der Waals surface area contributed by atoms with Crippen molar-refractivity contribution < 1.29 is 14.3 Å². The van der Waals surface area contributed by atoms with Crippen LogP contribution in [0.5, 0.6) is 0 Å². The Labute approximate surface area is 153 Å². The zero-order chi connectivity index (χ0) is 16.3. The van der Waals surface area contributed by atoms with Crippen molar-refractivity contribution in [3.63, 3.8) is 0 Å². The van der Waals surface area contributed by atoms with Crippen molar-refractivity contribution in [2.24, 2.45) is 0 Å². The van der Waals surface area contributed by atoms with Gasteiger partial charge in [-0.2, -0.15) is 0 Å². The normalized spacial score (nSPS) is 17.0.